The highest BCUT2D eigenvalue weighted by atomic mass is 16.5. The Balaban J connectivity index is 1.70. The largest absolute Gasteiger partial charge is 0.444 e. The van der Waals surface area contributed by atoms with Crippen LogP contribution in [0.4, 0.5) is 10.5 Å². The summed E-state index contributed by atoms with van der Waals surface area (Å²) < 4.78 is 6.27. The van der Waals surface area contributed by atoms with E-state index in [1.807, 2.05) is 30.3 Å². The average molecular weight is 423 g/mol. The van der Waals surface area contributed by atoms with Crippen molar-refractivity contribution in [3.8, 4) is 0 Å². The molecule has 160 valence electrons. The number of nitrogens with zero attached hydrogens (tertiary/aromatic N) is 2. The Hall–Kier alpha value is -4.21. The Morgan fingerprint density at radius 2 is 1.77 bits per heavy atom. The molecule has 0 aliphatic rings. The van der Waals surface area contributed by atoms with E-state index in [0.717, 1.165) is 9.96 Å². The van der Waals surface area contributed by atoms with Gasteiger partial charge < -0.3 is 15.4 Å². The summed E-state index contributed by atoms with van der Waals surface area (Å²) in [4.78, 5) is 52.2. The monoisotopic (exact) mass is 423 g/mol. The van der Waals surface area contributed by atoms with Crippen LogP contribution in [-0.4, -0.2) is 40.4 Å². The second kappa shape index (κ2) is 10.0. The Bertz CT molecular complexity index is 1160. The molecule has 1 aromatic carbocycles. The van der Waals surface area contributed by atoms with Crippen molar-refractivity contribution in [1.29, 1.82) is 0 Å². The van der Waals surface area contributed by atoms with Gasteiger partial charge in [0.05, 0.1) is 11.8 Å². The number of carbonyl (C=O) groups excluding carboxylic acids is 3. The SMILES string of the molecule is CC(=O)NCCNC(=O)c1cccn2c(=O)c(NC(=O)OCc3ccccc3)cnc12. The van der Waals surface area contributed by atoms with Gasteiger partial charge in [0.2, 0.25) is 5.91 Å². The van der Waals surface area contributed by atoms with E-state index < -0.39 is 17.6 Å². The summed E-state index contributed by atoms with van der Waals surface area (Å²) in [6, 6.07) is 12.2. The Kier molecular flexibility index (Phi) is 6.94. The summed E-state index contributed by atoms with van der Waals surface area (Å²) >= 11 is 0. The molecule has 3 rings (SSSR count). The molecule has 10 heteroatoms. The Labute approximate surface area is 177 Å². The molecule has 0 unspecified atom stereocenters. The zero-order chi connectivity index (χ0) is 22.2. The molecule has 0 fully saturated rings. The third-order valence-corrected chi connectivity index (χ3v) is 4.21. The van der Waals surface area contributed by atoms with Gasteiger partial charge in [-0.1, -0.05) is 30.3 Å². The number of anilines is 1. The zero-order valence-electron chi connectivity index (χ0n) is 16.8. The highest BCUT2D eigenvalue weighted by Crippen LogP contribution is 2.09. The summed E-state index contributed by atoms with van der Waals surface area (Å²) in [5.74, 6) is -0.645. The lowest BCUT2D eigenvalue weighted by Crippen LogP contribution is -2.34. The fourth-order valence-electron chi connectivity index (χ4n) is 2.75. The number of ether oxygens (including phenoxy) is 1. The van der Waals surface area contributed by atoms with Crippen molar-refractivity contribution in [2.75, 3.05) is 18.4 Å². The van der Waals surface area contributed by atoms with Crippen LogP contribution in [0.1, 0.15) is 22.8 Å². The number of aromatic nitrogens is 2. The van der Waals surface area contributed by atoms with E-state index in [-0.39, 0.29) is 42.5 Å². The molecule has 2 heterocycles. The molecule has 0 aliphatic heterocycles. The molecule has 0 saturated carbocycles. The highest BCUT2D eigenvalue weighted by molar-refractivity contribution is 5.99. The Morgan fingerprint density at radius 3 is 2.52 bits per heavy atom. The van der Waals surface area contributed by atoms with Crippen molar-refractivity contribution >= 4 is 29.2 Å². The van der Waals surface area contributed by atoms with Gasteiger partial charge in [0.15, 0.2) is 5.65 Å². The minimum atomic E-state index is -0.797. The van der Waals surface area contributed by atoms with Gasteiger partial charge in [0.1, 0.15) is 12.3 Å². The second-order valence-corrected chi connectivity index (χ2v) is 6.52. The van der Waals surface area contributed by atoms with Crippen molar-refractivity contribution in [2.45, 2.75) is 13.5 Å². The molecule has 3 amide bonds. The van der Waals surface area contributed by atoms with E-state index in [9.17, 15) is 19.2 Å². The molecule has 0 spiro atoms. The minimum absolute atomic E-state index is 0.0534. The lowest BCUT2D eigenvalue weighted by Gasteiger charge is -2.10. The van der Waals surface area contributed by atoms with Crippen LogP contribution in [0.25, 0.3) is 5.65 Å². The van der Waals surface area contributed by atoms with E-state index in [1.165, 1.54) is 31.5 Å². The van der Waals surface area contributed by atoms with Crippen LogP contribution in [0.15, 0.2) is 59.7 Å². The summed E-state index contributed by atoms with van der Waals surface area (Å²) in [6.07, 6.45) is 1.82. The van der Waals surface area contributed by atoms with Gasteiger partial charge in [-0.05, 0) is 17.7 Å². The lowest BCUT2D eigenvalue weighted by atomic mass is 10.2. The fraction of sp³-hybridized carbons (Fsp3) is 0.190. The van der Waals surface area contributed by atoms with Gasteiger partial charge in [-0.15, -0.1) is 0 Å². The van der Waals surface area contributed by atoms with Crippen LogP contribution in [0.5, 0.6) is 0 Å². The highest BCUT2D eigenvalue weighted by Gasteiger charge is 2.15. The molecule has 31 heavy (non-hydrogen) atoms. The molecule has 2 aromatic heterocycles. The number of carbonyl (C=O) groups is 3. The standard InChI is InChI=1S/C21H21N5O5/c1-14(27)22-9-10-23-19(28)16-8-5-11-26-18(16)24-12-17(20(26)29)25-21(30)31-13-15-6-3-2-4-7-15/h2-8,11-12H,9-10,13H2,1H3,(H,22,27)(H,23,28)(H,25,30). The molecule has 10 nitrogen and oxygen atoms in total. The smallest absolute Gasteiger partial charge is 0.412 e. The number of amides is 3. The summed E-state index contributed by atoms with van der Waals surface area (Å²) in [5.41, 5.74) is 0.474. The first-order valence-electron chi connectivity index (χ1n) is 9.46. The maximum atomic E-state index is 12.7. The molecular weight excluding hydrogens is 402 g/mol. The zero-order valence-corrected chi connectivity index (χ0v) is 16.8. The minimum Gasteiger partial charge on any atom is -0.444 e. The van der Waals surface area contributed by atoms with Gasteiger partial charge in [-0.3, -0.25) is 24.1 Å². The van der Waals surface area contributed by atoms with E-state index >= 15 is 0 Å². The van der Waals surface area contributed by atoms with E-state index in [1.54, 1.807) is 0 Å². The Morgan fingerprint density at radius 1 is 1.03 bits per heavy atom. The number of rotatable bonds is 7. The normalized spacial score (nSPS) is 10.4. The van der Waals surface area contributed by atoms with Crippen LogP contribution < -0.4 is 21.5 Å². The van der Waals surface area contributed by atoms with Crippen LogP contribution in [-0.2, 0) is 16.1 Å². The second-order valence-electron chi connectivity index (χ2n) is 6.52. The van der Waals surface area contributed by atoms with Crippen molar-refractivity contribution in [1.82, 2.24) is 20.0 Å². The van der Waals surface area contributed by atoms with E-state index in [4.69, 9.17) is 4.74 Å². The number of pyridine rings is 1. The number of fused-ring (bicyclic) bond motifs is 1. The molecular formula is C21H21N5O5. The molecule has 0 bridgehead atoms. The topological polar surface area (TPSA) is 131 Å². The van der Waals surface area contributed by atoms with Gasteiger partial charge in [-0.25, -0.2) is 9.78 Å². The van der Waals surface area contributed by atoms with Gasteiger partial charge in [0.25, 0.3) is 11.5 Å². The molecule has 0 aliphatic carbocycles. The molecule has 3 N–H and O–H groups in total. The fourth-order valence-corrected chi connectivity index (χ4v) is 2.75. The third-order valence-electron chi connectivity index (χ3n) is 4.21. The van der Waals surface area contributed by atoms with Gasteiger partial charge in [0, 0.05) is 26.2 Å². The number of hydrogen-bond acceptors (Lipinski definition) is 6. The maximum absolute atomic E-state index is 12.7. The van der Waals surface area contributed by atoms with Crippen LogP contribution in [0.2, 0.25) is 0 Å². The molecule has 0 radical (unpaired) electrons. The summed E-state index contributed by atoms with van der Waals surface area (Å²) in [5, 5.41) is 7.59. The molecule has 0 atom stereocenters. The third kappa shape index (κ3) is 5.66. The number of nitrogens with one attached hydrogen (secondary N) is 3. The molecule has 0 saturated heterocycles. The van der Waals surface area contributed by atoms with Crippen LogP contribution >= 0.6 is 0 Å². The first-order chi connectivity index (χ1) is 15.0. The summed E-state index contributed by atoms with van der Waals surface area (Å²) in [7, 11) is 0. The van der Waals surface area contributed by atoms with Crippen molar-refractivity contribution in [3.05, 3.63) is 76.3 Å². The first-order valence-corrected chi connectivity index (χ1v) is 9.46. The van der Waals surface area contributed by atoms with Crippen molar-refractivity contribution < 1.29 is 19.1 Å². The van der Waals surface area contributed by atoms with Crippen LogP contribution in [0.3, 0.4) is 0 Å². The van der Waals surface area contributed by atoms with Gasteiger partial charge >= 0.3 is 6.09 Å². The predicted octanol–water partition coefficient (Wildman–Crippen LogP) is 1.31. The number of benzene rings is 1. The predicted molar refractivity (Wildman–Crippen MR) is 113 cm³/mol. The van der Waals surface area contributed by atoms with Crippen molar-refractivity contribution in [2.24, 2.45) is 0 Å². The number of hydrogen-bond donors (Lipinski definition) is 3. The quantitative estimate of drug-likeness (QED) is 0.491. The van der Waals surface area contributed by atoms with Gasteiger partial charge in [-0.2, -0.15) is 0 Å². The van der Waals surface area contributed by atoms with E-state index in [0.29, 0.717) is 0 Å². The average Bonchev–Trinajstić information content (AvgIpc) is 2.77. The lowest BCUT2D eigenvalue weighted by molar-refractivity contribution is -0.118. The maximum Gasteiger partial charge on any atom is 0.412 e. The molecule has 3 aromatic rings. The van der Waals surface area contributed by atoms with Crippen LogP contribution in [0, 0.1) is 0 Å². The van der Waals surface area contributed by atoms with Crippen molar-refractivity contribution in [3.63, 3.8) is 0 Å². The first kappa shape index (κ1) is 21.5. The summed E-state index contributed by atoms with van der Waals surface area (Å²) in [6.45, 7) is 1.93. The van der Waals surface area contributed by atoms with E-state index in [2.05, 4.69) is 20.9 Å².